The van der Waals surface area contributed by atoms with Gasteiger partial charge in [-0.2, -0.15) is 0 Å². The maximum Gasteiger partial charge on any atom is 2.00 e. The zero-order chi connectivity index (χ0) is 0. The van der Waals surface area contributed by atoms with E-state index in [-0.39, 0.29) is 62.5 Å². The third kappa shape index (κ3) is 31.6. The minimum atomic E-state index is 0. The molecule has 0 aliphatic heterocycles. The van der Waals surface area contributed by atoms with Crippen LogP contribution in [0.2, 0.25) is 0 Å². The third-order valence-corrected chi connectivity index (χ3v) is 0. The maximum absolute atomic E-state index is 0. The molecule has 3 nitrogen and oxygen atoms in total. The van der Waals surface area contributed by atoms with Crippen molar-refractivity contribution in [1.82, 2.24) is 0 Å². The molecular weight excluding hydrogens is 96.6 g/mol. The largest absolute Gasteiger partial charge is 2.00 e. The quantitative estimate of drug-likeness (QED) is 0.288. The second kappa shape index (κ2) is 52.8. The van der Waals surface area contributed by atoms with Gasteiger partial charge in [0.05, 0.1) is 0 Å². The van der Waals surface area contributed by atoms with Gasteiger partial charge in [0, 0.05) is 0 Å². The van der Waals surface area contributed by atoms with Crippen molar-refractivity contribution in [2.45, 2.75) is 0 Å². The van der Waals surface area contributed by atoms with Crippen molar-refractivity contribution in [2.24, 2.45) is 0 Å². The van der Waals surface area contributed by atoms with E-state index in [0.29, 0.717) is 0 Å². The zero-order valence-electron chi connectivity index (χ0n) is 2.91. The molecule has 0 saturated carbocycles. The summed E-state index contributed by atoms with van der Waals surface area (Å²) < 4.78 is 0. The van der Waals surface area contributed by atoms with Crippen molar-refractivity contribution in [3.8, 4) is 0 Å². The van der Waals surface area contributed by atoms with Crippen molar-refractivity contribution in [3.05, 3.63) is 0 Å². The van der Waals surface area contributed by atoms with Crippen molar-refractivity contribution < 1.29 is 16.4 Å². The fraction of sp³-hybridized carbons (Fsp3) is 0. The monoisotopic (exact) mass is 102 g/mol. The first-order chi connectivity index (χ1) is 0. The van der Waals surface area contributed by atoms with Gasteiger partial charge >= 0.3 is 46.1 Å². The molecule has 0 radical (unpaired) electrons. The predicted octanol–water partition coefficient (Wildman–Crippen LogP) is -3.24. The van der Waals surface area contributed by atoms with E-state index in [9.17, 15) is 0 Å². The molecule has 0 aliphatic rings. The summed E-state index contributed by atoms with van der Waals surface area (Å²) in [6.07, 6.45) is 0. The first-order valence-electron chi connectivity index (χ1n) is 0. The Balaban J connectivity index is 0. The van der Waals surface area contributed by atoms with Crippen molar-refractivity contribution in [3.63, 3.8) is 0 Å². The smallest absolute Gasteiger partial charge is 0.412 e. The van der Waals surface area contributed by atoms with Crippen LogP contribution in [-0.2, 0) is 0 Å². The van der Waals surface area contributed by atoms with Crippen LogP contribution >= 0.6 is 0 Å². The van der Waals surface area contributed by atoms with Crippen molar-refractivity contribution >= 4 is 46.1 Å². The first kappa shape index (κ1) is 94.2. The molecule has 0 bridgehead atoms. The molecule has 5 heavy (non-hydrogen) atoms. The summed E-state index contributed by atoms with van der Waals surface area (Å²) >= 11 is 0. The van der Waals surface area contributed by atoms with E-state index < -0.39 is 0 Å². The fourth-order valence-corrected chi connectivity index (χ4v) is 0. The Labute approximate surface area is 62.4 Å². The van der Waals surface area contributed by atoms with E-state index in [0.717, 1.165) is 0 Å². The van der Waals surface area contributed by atoms with Gasteiger partial charge < -0.3 is 16.4 Å². The zero-order valence-corrected chi connectivity index (χ0v) is 5.74. The summed E-state index contributed by atoms with van der Waals surface area (Å²) in [4.78, 5) is 0. The summed E-state index contributed by atoms with van der Waals surface area (Å²) in [5, 5.41) is 0. The molecule has 0 fully saturated rings. The third-order valence-electron chi connectivity index (χ3n) is 0. The van der Waals surface area contributed by atoms with Crippen LogP contribution < -0.4 is 0 Å². The molecule has 0 amide bonds. The van der Waals surface area contributed by atoms with Gasteiger partial charge in [0.15, 0.2) is 0 Å². The summed E-state index contributed by atoms with van der Waals surface area (Å²) in [5.41, 5.74) is 0. The number of hydrogen-bond acceptors (Lipinski definition) is 0. The Hall–Kier alpha value is 1.41. The van der Waals surface area contributed by atoms with Crippen LogP contribution in [0, 0.1) is 0 Å². The summed E-state index contributed by atoms with van der Waals surface area (Å²) in [6, 6.07) is 0. The van der Waals surface area contributed by atoms with Gasteiger partial charge in [-0.25, -0.2) is 0 Å². The van der Waals surface area contributed by atoms with E-state index in [2.05, 4.69) is 0 Å². The molecule has 0 atom stereocenters. The van der Waals surface area contributed by atoms with Crippen LogP contribution in [0.15, 0.2) is 0 Å². The van der Waals surface area contributed by atoms with Gasteiger partial charge in [-0.15, -0.1) is 0 Å². The van der Waals surface area contributed by atoms with Crippen molar-refractivity contribution in [2.75, 3.05) is 0 Å². The SMILES string of the molecule is O.O.O.[Mg+2].[Mg+2]. The molecule has 0 spiro atoms. The van der Waals surface area contributed by atoms with E-state index in [1.54, 1.807) is 0 Å². The van der Waals surface area contributed by atoms with Crippen LogP contribution in [0.5, 0.6) is 0 Å². The topological polar surface area (TPSA) is 94.5 Å². The average molecular weight is 103 g/mol. The van der Waals surface area contributed by atoms with Gasteiger partial charge in [0.2, 0.25) is 0 Å². The molecule has 24 valence electrons. The standard InChI is InChI=1S/2Mg.3H2O/h;;3*1H2/q2*+2;;;. The Morgan fingerprint density at radius 2 is 0.400 bits per heavy atom. The Kier molecular flexibility index (Phi) is 995. The minimum absolute atomic E-state index is 0. The molecule has 0 saturated heterocycles. The number of rotatable bonds is 0. The van der Waals surface area contributed by atoms with Crippen LogP contribution in [0.3, 0.4) is 0 Å². The van der Waals surface area contributed by atoms with E-state index in [1.807, 2.05) is 0 Å². The van der Waals surface area contributed by atoms with Crippen LogP contribution in [0.1, 0.15) is 0 Å². The van der Waals surface area contributed by atoms with E-state index in [1.165, 1.54) is 0 Å². The fourth-order valence-electron chi connectivity index (χ4n) is 0. The molecule has 0 rings (SSSR count). The summed E-state index contributed by atoms with van der Waals surface area (Å²) in [6.45, 7) is 0. The molecule has 0 aromatic carbocycles. The van der Waals surface area contributed by atoms with E-state index >= 15 is 0 Å². The Bertz CT molecular complexity index is 4.85. The predicted molar refractivity (Wildman–Crippen MR) is 22.3 cm³/mol. The van der Waals surface area contributed by atoms with Crippen LogP contribution in [-0.4, -0.2) is 62.5 Å². The molecular formula is H6Mg2O3+4. The molecule has 5 heteroatoms. The molecule has 0 unspecified atom stereocenters. The maximum atomic E-state index is 0. The summed E-state index contributed by atoms with van der Waals surface area (Å²) in [5.74, 6) is 0. The van der Waals surface area contributed by atoms with Gasteiger partial charge in [0.1, 0.15) is 0 Å². The Morgan fingerprint density at radius 3 is 0.400 bits per heavy atom. The summed E-state index contributed by atoms with van der Waals surface area (Å²) in [7, 11) is 0. The van der Waals surface area contributed by atoms with Gasteiger partial charge in [-0.3, -0.25) is 0 Å². The van der Waals surface area contributed by atoms with Gasteiger partial charge in [-0.05, 0) is 0 Å². The molecule has 0 heterocycles. The second-order valence-electron chi connectivity index (χ2n) is 0. The van der Waals surface area contributed by atoms with Crippen LogP contribution in [0.25, 0.3) is 0 Å². The van der Waals surface area contributed by atoms with E-state index in [4.69, 9.17) is 0 Å². The molecule has 0 aromatic heterocycles. The average Bonchev–Trinajstić information content (AvgIpc) is 0. The Morgan fingerprint density at radius 1 is 0.400 bits per heavy atom. The molecule has 6 N–H and O–H groups in total. The second-order valence-corrected chi connectivity index (χ2v) is 0. The van der Waals surface area contributed by atoms with Crippen molar-refractivity contribution in [1.29, 1.82) is 0 Å². The van der Waals surface area contributed by atoms with Gasteiger partial charge in [-0.1, -0.05) is 0 Å². The van der Waals surface area contributed by atoms with Crippen LogP contribution in [0.4, 0.5) is 0 Å². The molecule has 0 aromatic rings. The number of hydrogen-bond donors (Lipinski definition) is 0. The minimum Gasteiger partial charge on any atom is -0.412 e. The van der Waals surface area contributed by atoms with Gasteiger partial charge in [0.25, 0.3) is 0 Å². The molecule has 0 aliphatic carbocycles. The normalized spacial score (nSPS) is 0. The first-order valence-corrected chi connectivity index (χ1v) is 0.